The van der Waals surface area contributed by atoms with Crippen molar-refractivity contribution in [2.24, 2.45) is 5.92 Å². The third-order valence-electron chi connectivity index (χ3n) is 4.03. The van der Waals surface area contributed by atoms with E-state index < -0.39 is 0 Å². The third-order valence-corrected chi connectivity index (χ3v) is 4.26. The lowest BCUT2D eigenvalue weighted by molar-refractivity contribution is 0.0944. The van der Waals surface area contributed by atoms with Crippen LogP contribution in [0.3, 0.4) is 0 Å². The Balaban J connectivity index is 1.74. The van der Waals surface area contributed by atoms with Crippen LogP contribution in [0, 0.1) is 5.92 Å². The van der Waals surface area contributed by atoms with Gasteiger partial charge in [0.1, 0.15) is 0 Å². The maximum atomic E-state index is 13.2. The molecule has 0 aliphatic carbocycles. The van der Waals surface area contributed by atoms with Gasteiger partial charge in [-0.2, -0.15) is 9.67 Å². The Bertz CT molecular complexity index is 1030. The second-order valence-corrected chi connectivity index (χ2v) is 7.15. The molecule has 0 saturated heterocycles. The Hall–Kier alpha value is -3.06. The fourth-order valence-electron chi connectivity index (χ4n) is 2.70. The average Bonchev–Trinajstić information content (AvgIpc) is 3.32. The minimum absolute atomic E-state index is 0.136. The van der Waals surface area contributed by atoms with E-state index in [1.54, 1.807) is 36.4 Å². The summed E-state index contributed by atoms with van der Waals surface area (Å²) in [7, 11) is 0. The fraction of sp³-hybridized carbons (Fsp3) is 0.250. The Labute approximate surface area is 166 Å². The van der Waals surface area contributed by atoms with Crippen molar-refractivity contribution in [1.29, 1.82) is 0 Å². The molecule has 0 saturated carbocycles. The highest BCUT2D eigenvalue weighted by Gasteiger charge is 2.23. The van der Waals surface area contributed by atoms with Crippen molar-refractivity contribution in [3.05, 3.63) is 53.1 Å². The van der Waals surface area contributed by atoms with E-state index in [1.807, 2.05) is 19.9 Å². The fourth-order valence-corrected chi connectivity index (χ4v) is 2.89. The smallest absolute Gasteiger partial charge is 0.336 e. The van der Waals surface area contributed by atoms with Crippen molar-refractivity contribution in [1.82, 2.24) is 14.8 Å². The van der Waals surface area contributed by atoms with E-state index in [-0.39, 0.29) is 18.7 Å². The van der Waals surface area contributed by atoms with E-state index in [9.17, 15) is 4.79 Å². The van der Waals surface area contributed by atoms with E-state index in [0.717, 1.165) is 0 Å². The van der Waals surface area contributed by atoms with Gasteiger partial charge in [-0.05, 0) is 36.2 Å². The second kappa shape index (κ2) is 7.52. The quantitative estimate of drug-likeness (QED) is 0.644. The number of carbonyl (C=O) groups excluding carboxylic acids is 1. The number of carbonyl (C=O) groups is 1. The largest absolute Gasteiger partial charge is 0.462 e. The third kappa shape index (κ3) is 3.66. The molecule has 2 aromatic carbocycles. The monoisotopic (exact) mass is 399 g/mol. The number of aromatic nitrogens is 3. The van der Waals surface area contributed by atoms with Crippen LogP contribution in [0.15, 0.2) is 42.5 Å². The summed E-state index contributed by atoms with van der Waals surface area (Å²) in [6.07, 6.45) is 0. The van der Waals surface area contributed by atoms with Gasteiger partial charge in [0.2, 0.25) is 6.79 Å². The van der Waals surface area contributed by atoms with Gasteiger partial charge in [0.15, 0.2) is 17.3 Å². The molecule has 1 aliphatic heterocycles. The molecule has 144 valence electrons. The van der Waals surface area contributed by atoms with Crippen LogP contribution in [0.1, 0.15) is 24.2 Å². The van der Waals surface area contributed by atoms with Gasteiger partial charge in [-0.15, -0.1) is 5.10 Å². The Morgan fingerprint density at radius 3 is 2.82 bits per heavy atom. The molecule has 1 aliphatic rings. The van der Waals surface area contributed by atoms with Crippen LogP contribution in [0.25, 0.3) is 11.4 Å². The number of halogens is 1. The lowest BCUT2D eigenvalue weighted by Gasteiger charge is -2.06. The SMILES string of the molecule is CC(C)COc1nc(-c2cccc(Cl)c2)n(C(=O)c2ccc3c(c2)OCO3)n1. The Kier molecular flexibility index (Phi) is 4.92. The number of benzene rings is 2. The number of rotatable bonds is 5. The molecule has 0 fully saturated rings. The number of fused-ring (bicyclic) bond motifs is 1. The van der Waals surface area contributed by atoms with E-state index >= 15 is 0 Å². The molecule has 28 heavy (non-hydrogen) atoms. The summed E-state index contributed by atoms with van der Waals surface area (Å²) >= 11 is 6.11. The highest BCUT2D eigenvalue weighted by Crippen LogP contribution is 2.33. The van der Waals surface area contributed by atoms with Gasteiger partial charge in [-0.3, -0.25) is 4.79 Å². The van der Waals surface area contributed by atoms with Gasteiger partial charge in [0.05, 0.1) is 6.61 Å². The minimum atomic E-state index is -0.361. The normalized spacial score (nSPS) is 12.4. The molecule has 0 spiro atoms. The molecule has 0 bridgehead atoms. The molecule has 0 unspecified atom stereocenters. The summed E-state index contributed by atoms with van der Waals surface area (Å²) in [4.78, 5) is 17.6. The van der Waals surface area contributed by atoms with Crippen molar-refractivity contribution >= 4 is 17.5 Å². The van der Waals surface area contributed by atoms with Gasteiger partial charge in [-0.1, -0.05) is 37.6 Å². The first-order chi connectivity index (χ1) is 13.5. The van der Waals surface area contributed by atoms with E-state index in [1.165, 1.54) is 4.68 Å². The number of nitrogens with zero attached hydrogens (tertiary/aromatic N) is 3. The first-order valence-electron chi connectivity index (χ1n) is 8.81. The van der Waals surface area contributed by atoms with E-state index in [4.69, 9.17) is 25.8 Å². The minimum Gasteiger partial charge on any atom is -0.462 e. The molecular weight excluding hydrogens is 382 g/mol. The van der Waals surface area contributed by atoms with Gasteiger partial charge in [0.25, 0.3) is 5.91 Å². The lowest BCUT2D eigenvalue weighted by atomic mass is 10.1. The molecule has 1 aromatic heterocycles. The zero-order valence-corrected chi connectivity index (χ0v) is 16.1. The van der Waals surface area contributed by atoms with Gasteiger partial charge in [0, 0.05) is 16.1 Å². The molecule has 0 atom stereocenters. The van der Waals surface area contributed by atoms with Crippen LogP contribution in [0.4, 0.5) is 0 Å². The van der Waals surface area contributed by atoms with Crippen LogP contribution < -0.4 is 14.2 Å². The van der Waals surface area contributed by atoms with Gasteiger partial charge < -0.3 is 14.2 Å². The van der Waals surface area contributed by atoms with Crippen LogP contribution in [-0.4, -0.2) is 34.1 Å². The average molecular weight is 400 g/mol. The topological polar surface area (TPSA) is 75.5 Å². The maximum Gasteiger partial charge on any atom is 0.336 e. The van der Waals surface area contributed by atoms with Gasteiger partial charge >= 0.3 is 6.01 Å². The predicted molar refractivity (Wildman–Crippen MR) is 103 cm³/mol. The first kappa shape index (κ1) is 18.3. The lowest BCUT2D eigenvalue weighted by Crippen LogP contribution is -2.15. The highest BCUT2D eigenvalue weighted by atomic mass is 35.5. The van der Waals surface area contributed by atoms with Crippen LogP contribution in [0.2, 0.25) is 5.02 Å². The van der Waals surface area contributed by atoms with Crippen molar-refractivity contribution in [3.63, 3.8) is 0 Å². The number of hydrogen-bond acceptors (Lipinski definition) is 6. The summed E-state index contributed by atoms with van der Waals surface area (Å²) in [6.45, 7) is 4.62. The summed E-state index contributed by atoms with van der Waals surface area (Å²) in [5, 5.41) is 4.81. The Morgan fingerprint density at radius 2 is 2.04 bits per heavy atom. The summed E-state index contributed by atoms with van der Waals surface area (Å²) < 4.78 is 17.5. The summed E-state index contributed by atoms with van der Waals surface area (Å²) in [5.41, 5.74) is 1.06. The van der Waals surface area contributed by atoms with Crippen LogP contribution in [-0.2, 0) is 0 Å². The van der Waals surface area contributed by atoms with Crippen molar-refractivity contribution in [2.45, 2.75) is 13.8 Å². The van der Waals surface area contributed by atoms with Crippen molar-refractivity contribution < 1.29 is 19.0 Å². The van der Waals surface area contributed by atoms with Crippen LogP contribution in [0.5, 0.6) is 17.5 Å². The van der Waals surface area contributed by atoms with E-state index in [2.05, 4.69) is 10.1 Å². The molecule has 8 heteroatoms. The number of hydrogen-bond donors (Lipinski definition) is 0. The number of ether oxygens (including phenoxy) is 3. The molecule has 3 aromatic rings. The molecular formula is C20H18ClN3O4. The standard InChI is InChI=1S/C20H18ClN3O4/c1-12(2)10-26-20-22-18(13-4-3-5-15(21)8-13)24(23-20)19(25)14-6-7-16-17(9-14)28-11-27-16/h3-9,12H,10-11H2,1-2H3. The zero-order valence-electron chi connectivity index (χ0n) is 15.4. The van der Waals surface area contributed by atoms with Crippen LogP contribution >= 0.6 is 11.6 Å². The zero-order chi connectivity index (χ0) is 19.7. The molecule has 7 nitrogen and oxygen atoms in total. The van der Waals surface area contributed by atoms with Crippen molar-refractivity contribution in [3.8, 4) is 28.9 Å². The molecule has 2 heterocycles. The summed E-state index contributed by atoms with van der Waals surface area (Å²) in [5.74, 6) is 1.41. The Morgan fingerprint density at radius 1 is 1.21 bits per heavy atom. The maximum absolute atomic E-state index is 13.2. The second-order valence-electron chi connectivity index (χ2n) is 6.72. The highest BCUT2D eigenvalue weighted by molar-refractivity contribution is 6.30. The molecule has 0 amide bonds. The predicted octanol–water partition coefficient (Wildman–Crippen LogP) is 4.05. The summed E-state index contributed by atoms with van der Waals surface area (Å²) in [6, 6.07) is 12.2. The molecule has 0 N–H and O–H groups in total. The molecule has 4 rings (SSSR count). The van der Waals surface area contributed by atoms with Gasteiger partial charge in [-0.25, -0.2) is 0 Å². The first-order valence-corrected chi connectivity index (χ1v) is 9.19. The molecule has 0 radical (unpaired) electrons. The van der Waals surface area contributed by atoms with Crippen molar-refractivity contribution in [2.75, 3.05) is 13.4 Å². The van der Waals surface area contributed by atoms with E-state index in [0.29, 0.717) is 46.0 Å².